The number of hydrogen-bond acceptors (Lipinski definition) is 6. The molecule has 0 saturated carbocycles. The van der Waals surface area contributed by atoms with E-state index in [0.29, 0.717) is 41.2 Å². The van der Waals surface area contributed by atoms with E-state index in [2.05, 4.69) is 20.6 Å². The van der Waals surface area contributed by atoms with Crippen LogP contribution in [0.15, 0.2) is 63.1 Å². The zero-order valence-electron chi connectivity index (χ0n) is 16.1. The molecule has 152 valence electrons. The number of nitrogens with one attached hydrogen (secondary N) is 2. The summed E-state index contributed by atoms with van der Waals surface area (Å²) in [7, 11) is 0. The van der Waals surface area contributed by atoms with Crippen LogP contribution in [-0.4, -0.2) is 16.7 Å². The number of aliphatic imine (C=N–C) groups is 1. The van der Waals surface area contributed by atoms with Crippen molar-refractivity contribution in [1.82, 2.24) is 10.3 Å². The first-order valence-corrected chi connectivity index (χ1v) is 9.66. The summed E-state index contributed by atoms with van der Waals surface area (Å²) in [6, 6.07) is 9.92. The molecule has 30 heavy (non-hydrogen) atoms. The van der Waals surface area contributed by atoms with Gasteiger partial charge in [0.1, 0.15) is 23.2 Å². The van der Waals surface area contributed by atoms with E-state index < -0.39 is 17.7 Å². The van der Waals surface area contributed by atoms with Gasteiger partial charge in [-0.25, -0.2) is 13.8 Å². The predicted molar refractivity (Wildman–Crippen MR) is 108 cm³/mol. The fourth-order valence-corrected chi connectivity index (χ4v) is 3.99. The molecule has 2 aliphatic rings. The van der Waals surface area contributed by atoms with Gasteiger partial charge in [-0.1, -0.05) is 19.1 Å². The largest absolute Gasteiger partial charge is 0.423 e. The Morgan fingerprint density at radius 1 is 1.13 bits per heavy atom. The molecule has 1 aliphatic heterocycles. The highest BCUT2D eigenvalue weighted by molar-refractivity contribution is 6.03. The van der Waals surface area contributed by atoms with Crippen molar-refractivity contribution in [2.45, 2.75) is 25.8 Å². The molecule has 1 aliphatic carbocycles. The number of para-hydroxylation sites is 2. The number of oxazole rings is 1. The summed E-state index contributed by atoms with van der Waals surface area (Å²) < 4.78 is 33.4. The van der Waals surface area contributed by atoms with E-state index in [1.807, 2.05) is 25.1 Å². The number of fused-ring (bicyclic) bond motifs is 1. The van der Waals surface area contributed by atoms with Crippen LogP contribution in [0.25, 0.3) is 11.1 Å². The smallest absolute Gasteiger partial charge is 0.302 e. The minimum atomic E-state index is -0.821. The maximum atomic E-state index is 13.9. The summed E-state index contributed by atoms with van der Waals surface area (Å²) in [5.41, 5.74) is 2.72. The topological polar surface area (TPSA) is 79.5 Å². The average molecular weight is 408 g/mol. The Labute approximate surface area is 170 Å². The van der Waals surface area contributed by atoms with Gasteiger partial charge in [-0.15, -0.1) is 0 Å². The van der Waals surface area contributed by atoms with Crippen molar-refractivity contribution in [3.8, 4) is 0 Å². The third-order valence-corrected chi connectivity index (χ3v) is 5.23. The Hall–Kier alpha value is -3.55. The average Bonchev–Trinajstić information content (AvgIpc) is 3.08. The van der Waals surface area contributed by atoms with Crippen molar-refractivity contribution in [3.05, 3.63) is 70.9 Å². The molecule has 0 bridgehead atoms. The van der Waals surface area contributed by atoms with Gasteiger partial charge in [-0.05, 0) is 42.2 Å². The number of rotatable bonds is 2. The van der Waals surface area contributed by atoms with E-state index in [1.165, 1.54) is 12.1 Å². The first-order valence-electron chi connectivity index (χ1n) is 9.66. The van der Waals surface area contributed by atoms with Crippen LogP contribution in [0.1, 0.15) is 31.4 Å². The van der Waals surface area contributed by atoms with E-state index in [9.17, 15) is 13.6 Å². The lowest BCUT2D eigenvalue weighted by Gasteiger charge is -2.32. The summed E-state index contributed by atoms with van der Waals surface area (Å²) in [4.78, 5) is 21.7. The molecule has 2 N–H and O–H groups in total. The number of carbonyl (C=O) groups is 1. The molecule has 0 radical (unpaired) electrons. The zero-order chi connectivity index (χ0) is 20.8. The molecule has 0 spiro atoms. The number of aromatic nitrogens is 1. The Morgan fingerprint density at radius 3 is 2.67 bits per heavy atom. The van der Waals surface area contributed by atoms with Crippen LogP contribution in [0, 0.1) is 17.6 Å². The Balaban J connectivity index is 1.55. The van der Waals surface area contributed by atoms with Crippen molar-refractivity contribution in [1.29, 1.82) is 0 Å². The van der Waals surface area contributed by atoms with Crippen LogP contribution in [0.4, 0.5) is 14.8 Å². The Kier molecular flexibility index (Phi) is 4.34. The normalized spacial score (nSPS) is 21.3. The molecule has 2 heterocycles. The van der Waals surface area contributed by atoms with Crippen LogP contribution in [0.3, 0.4) is 0 Å². The number of hydrogen-bond donors (Lipinski definition) is 2. The molecular formula is C22H18F2N4O2. The highest BCUT2D eigenvalue weighted by atomic mass is 19.1. The van der Waals surface area contributed by atoms with Gasteiger partial charge in [-0.3, -0.25) is 10.1 Å². The molecule has 2 aromatic carbocycles. The van der Waals surface area contributed by atoms with Gasteiger partial charge < -0.3 is 9.73 Å². The molecule has 5 rings (SSSR count). The molecule has 1 aromatic heterocycles. The Bertz CT molecular complexity index is 1180. The number of Topliss-reactive ketones (excluding diaryl/α,β-unsaturated/α-hetero) is 1. The summed E-state index contributed by atoms with van der Waals surface area (Å²) in [5, 5.41) is 6.14. The number of halogens is 2. The third-order valence-electron chi connectivity index (χ3n) is 5.23. The number of carbonyl (C=O) groups excluding carboxylic acids is 1. The van der Waals surface area contributed by atoms with E-state index in [1.54, 1.807) is 6.07 Å². The maximum Gasteiger partial charge on any atom is 0.302 e. The molecule has 0 amide bonds. The highest BCUT2D eigenvalue weighted by Crippen LogP contribution is 2.38. The van der Waals surface area contributed by atoms with Gasteiger partial charge in [0.2, 0.25) is 5.96 Å². The lowest BCUT2D eigenvalue weighted by atomic mass is 9.81. The monoisotopic (exact) mass is 408 g/mol. The van der Waals surface area contributed by atoms with Gasteiger partial charge in [0, 0.05) is 23.8 Å². The van der Waals surface area contributed by atoms with E-state index in [0.717, 1.165) is 6.07 Å². The van der Waals surface area contributed by atoms with Crippen LogP contribution in [0.2, 0.25) is 0 Å². The van der Waals surface area contributed by atoms with E-state index >= 15 is 0 Å². The van der Waals surface area contributed by atoms with Gasteiger partial charge in [0.05, 0.1) is 0 Å². The van der Waals surface area contributed by atoms with Crippen LogP contribution in [0.5, 0.6) is 0 Å². The number of guanidine groups is 1. The van der Waals surface area contributed by atoms with Crippen molar-refractivity contribution in [3.63, 3.8) is 0 Å². The minimum Gasteiger partial charge on any atom is -0.423 e. The van der Waals surface area contributed by atoms with Gasteiger partial charge in [0.15, 0.2) is 11.4 Å². The van der Waals surface area contributed by atoms with Crippen LogP contribution >= 0.6 is 0 Å². The Morgan fingerprint density at radius 2 is 1.90 bits per heavy atom. The van der Waals surface area contributed by atoms with Gasteiger partial charge in [-0.2, -0.15) is 4.98 Å². The molecular weight excluding hydrogens is 390 g/mol. The zero-order valence-corrected chi connectivity index (χ0v) is 16.1. The standard InChI is InChI=1S/C22H18F2N4O2/c1-11-6-16-19(17(29)7-11)20(12-8-13(23)10-14(24)9-12)27-21(25-16)28-22-26-15-4-2-3-5-18(15)30-22/h2-5,8-11,20H,6-7H2,1H3,(H2,25,26,27,28)/t11-,20-/m1/s1. The second-order valence-corrected chi connectivity index (χ2v) is 7.65. The lowest BCUT2D eigenvalue weighted by Crippen LogP contribution is -2.40. The first-order chi connectivity index (χ1) is 14.5. The second-order valence-electron chi connectivity index (χ2n) is 7.65. The van der Waals surface area contributed by atoms with Crippen molar-refractivity contribution in [2.24, 2.45) is 10.9 Å². The maximum absolute atomic E-state index is 13.9. The molecule has 3 aromatic rings. The molecule has 0 unspecified atom stereocenters. The molecule has 2 atom stereocenters. The summed E-state index contributed by atoms with van der Waals surface area (Å²) in [6.07, 6.45) is 1.00. The first kappa shape index (κ1) is 18.5. The fourth-order valence-electron chi connectivity index (χ4n) is 3.99. The van der Waals surface area contributed by atoms with Crippen LogP contribution in [-0.2, 0) is 4.79 Å². The highest BCUT2D eigenvalue weighted by Gasteiger charge is 2.35. The molecule has 0 fully saturated rings. The second kappa shape index (κ2) is 7.05. The summed E-state index contributed by atoms with van der Waals surface area (Å²) in [5.74, 6) is -1.05. The molecule has 0 saturated heterocycles. The SMILES string of the molecule is C[C@H]1CC(=O)C2=C(C1)NC(Nc1nc3ccccc3o1)=N[C@@H]2c1cc(F)cc(F)c1. The molecule has 8 heteroatoms. The number of benzene rings is 2. The lowest BCUT2D eigenvalue weighted by molar-refractivity contribution is -0.117. The van der Waals surface area contributed by atoms with Gasteiger partial charge >= 0.3 is 6.01 Å². The van der Waals surface area contributed by atoms with E-state index in [4.69, 9.17) is 4.42 Å². The quantitative estimate of drug-likeness (QED) is 0.654. The summed E-state index contributed by atoms with van der Waals surface area (Å²) in [6.45, 7) is 1.99. The number of nitrogens with zero attached hydrogens (tertiary/aromatic N) is 2. The predicted octanol–water partition coefficient (Wildman–Crippen LogP) is 4.47. The third kappa shape index (κ3) is 3.34. The number of ketones is 1. The summed E-state index contributed by atoms with van der Waals surface area (Å²) >= 11 is 0. The number of allylic oxidation sites excluding steroid dienone is 1. The van der Waals surface area contributed by atoms with Crippen molar-refractivity contribution in [2.75, 3.05) is 5.32 Å². The van der Waals surface area contributed by atoms with Crippen LogP contribution < -0.4 is 10.6 Å². The number of anilines is 1. The van der Waals surface area contributed by atoms with Crippen molar-refractivity contribution >= 4 is 28.9 Å². The van der Waals surface area contributed by atoms with Crippen molar-refractivity contribution < 1.29 is 18.0 Å². The van der Waals surface area contributed by atoms with E-state index in [-0.39, 0.29) is 23.3 Å². The fraction of sp³-hybridized carbons (Fsp3) is 0.227. The van der Waals surface area contributed by atoms with Gasteiger partial charge in [0.25, 0.3) is 0 Å². The molecule has 6 nitrogen and oxygen atoms in total. The minimum absolute atomic E-state index is 0.0735.